The molecular weight excluding hydrogens is 258 g/mol. The van der Waals surface area contributed by atoms with Gasteiger partial charge in [0.25, 0.3) is 0 Å². The lowest BCUT2D eigenvalue weighted by Crippen LogP contribution is -2.30. The zero-order chi connectivity index (χ0) is 14.4. The molecule has 1 aromatic carbocycles. The molecule has 1 unspecified atom stereocenters. The van der Waals surface area contributed by atoms with Crippen molar-refractivity contribution in [2.24, 2.45) is 5.73 Å². The van der Waals surface area contributed by atoms with Crippen molar-refractivity contribution in [3.8, 4) is 0 Å². The van der Waals surface area contributed by atoms with E-state index in [2.05, 4.69) is 10.6 Å². The molecule has 1 aliphatic rings. The van der Waals surface area contributed by atoms with Gasteiger partial charge in [-0.15, -0.1) is 0 Å². The second-order valence-electron chi connectivity index (χ2n) is 4.74. The molecule has 6 heteroatoms. The number of ether oxygens (including phenoxy) is 1. The van der Waals surface area contributed by atoms with E-state index in [1.165, 1.54) is 5.56 Å². The maximum atomic E-state index is 11.8. The standard InChI is InChI=1S/C14H19N3O3/c15-13(18)9-20-6-5-16-14(19)7-10-8-17-12-4-2-1-3-11(10)12/h1-4,10,17H,5-9H2,(H2,15,18)(H,16,19). The summed E-state index contributed by atoms with van der Waals surface area (Å²) in [6.07, 6.45) is 0.444. The zero-order valence-electron chi connectivity index (χ0n) is 11.2. The van der Waals surface area contributed by atoms with Crippen LogP contribution >= 0.6 is 0 Å². The van der Waals surface area contributed by atoms with Crippen LogP contribution in [0.3, 0.4) is 0 Å². The molecule has 0 aromatic heterocycles. The molecule has 20 heavy (non-hydrogen) atoms. The van der Waals surface area contributed by atoms with Gasteiger partial charge in [-0.1, -0.05) is 18.2 Å². The number of primary amides is 1. The first kappa shape index (κ1) is 14.3. The minimum Gasteiger partial charge on any atom is -0.384 e. The molecule has 1 aliphatic heterocycles. The Balaban J connectivity index is 1.69. The SMILES string of the molecule is NC(=O)COCCNC(=O)CC1CNc2ccccc21. The molecule has 0 bridgehead atoms. The zero-order valence-corrected chi connectivity index (χ0v) is 11.2. The van der Waals surface area contributed by atoms with Crippen molar-refractivity contribution in [3.05, 3.63) is 29.8 Å². The average molecular weight is 277 g/mol. The topological polar surface area (TPSA) is 93.5 Å². The number of para-hydroxylation sites is 1. The molecule has 0 fully saturated rings. The largest absolute Gasteiger partial charge is 0.384 e. The number of amides is 2. The molecule has 1 heterocycles. The molecule has 0 saturated heterocycles. The van der Waals surface area contributed by atoms with Crippen LogP contribution in [-0.2, 0) is 14.3 Å². The lowest BCUT2D eigenvalue weighted by Gasteiger charge is -2.10. The summed E-state index contributed by atoms with van der Waals surface area (Å²) in [5, 5.41) is 6.06. The Morgan fingerprint density at radius 1 is 1.40 bits per heavy atom. The van der Waals surface area contributed by atoms with Gasteiger partial charge in [-0.3, -0.25) is 9.59 Å². The van der Waals surface area contributed by atoms with E-state index < -0.39 is 5.91 Å². The highest BCUT2D eigenvalue weighted by Gasteiger charge is 2.23. The summed E-state index contributed by atoms with van der Waals surface area (Å²) < 4.78 is 4.97. The second-order valence-corrected chi connectivity index (χ2v) is 4.74. The molecule has 2 rings (SSSR count). The lowest BCUT2D eigenvalue weighted by molar-refractivity contribution is -0.122. The van der Waals surface area contributed by atoms with E-state index in [4.69, 9.17) is 10.5 Å². The van der Waals surface area contributed by atoms with E-state index in [1.54, 1.807) is 0 Å². The third-order valence-corrected chi connectivity index (χ3v) is 3.18. The van der Waals surface area contributed by atoms with E-state index in [0.29, 0.717) is 13.0 Å². The number of benzene rings is 1. The van der Waals surface area contributed by atoms with Gasteiger partial charge in [-0.25, -0.2) is 0 Å². The normalized spacial score (nSPS) is 16.3. The molecule has 0 saturated carbocycles. The minimum absolute atomic E-state index is 0.0174. The first-order valence-electron chi connectivity index (χ1n) is 6.62. The van der Waals surface area contributed by atoms with Crippen LogP contribution in [0.15, 0.2) is 24.3 Å². The number of carbonyl (C=O) groups is 2. The summed E-state index contributed by atoms with van der Waals surface area (Å²) in [7, 11) is 0. The summed E-state index contributed by atoms with van der Waals surface area (Å²) in [5.41, 5.74) is 7.22. The highest BCUT2D eigenvalue weighted by atomic mass is 16.5. The fourth-order valence-electron chi connectivity index (χ4n) is 2.27. The third kappa shape index (κ3) is 3.96. The quantitative estimate of drug-likeness (QED) is 0.621. The summed E-state index contributed by atoms with van der Waals surface area (Å²) >= 11 is 0. The fourth-order valence-corrected chi connectivity index (χ4v) is 2.27. The van der Waals surface area contributed by atoms with Crippen LogP contribution in [-0.4, -0.2) is 38.1 Å². The number of nitrogens with two attached hydrogens (primary N) is 1. The predicted molar refractivity (Wildman–Crippen MR) is 75.3 cm³/mol. The number of anilines is 1. The van der Waals surface area contributed by atoms with Crippen molar-refractivity contribution in [3.63, 3.8) is 0 Å². The molecule has 108 valence electrons. The van der Waals surface area contributed by atoms with Gasteiger partial charge in [0.05, 0.1) is 6.61 Å². The Morgan fingerprint density at radius 2 is 2.20 bits per heavy atom. The van der Waals surface area contributed by atoms with Crippen LogP contribution in [0, 0.1) is 0 Å². The number of fused-ring (bicyclic) bond motifs is 1. The summed E-state index contributed by atoms with van der Waals surface area (Å²) in [6, 6.07) is 8.02. The Bertz CT molecular complexity index is 490. The number of hydrogen-bond donors (Lipinski definition) is 3. The van der Waals surface area contributed by atoms with Crippen molar-refractivity contribution in [2.75, 3.05) is 31.6 Å². The van der Waals surface area contributed by atoms with Gasteiger partial charge in [0.1, 0.15) is 6.61 Å². The van der Waals surface area contributed by atoms with Crippen LogP contribution in [0.5, 0.6) is 0 Å². The van der Waals surface area contributed by atoms with Gasteiger partial charge < -0.3 is 21.1 Å². The molecule has 0 radical (unpaired) electrons. The third-order valence-electron chi connectivity index (χ3n) is 3.18. The Hall–Kier alpha value is -2.08. The van der Waals surface area contributed by atoms with Crippen molar-refractivity contribution in [2.45, 2.75) is 12.3 Å². The van der Waals surface area contributed by atoms with Crippen molar-refractivity contribution < 1.29 is 14.3 Å². The van der Waals surface area contributed by atoms with Crippen LogP contribution in [0.25, 0.3) is 0 Å². The van der Waals surface area contributed by atoms with Gasteiger partial charge in [0.15, 0.2) is 0 Å². The van der Waals surface area contributed by atoms with Crippen LogP contribution in [0.2, 0.25) is 0 Å². The number of rotatable bonds is 7. The maximum Gasteiger partial charge on any atom is 0.243 e. The van der Waals surface area contributed by atoms with E-state index in [1.807, 2.05) is 24.3 Å². The molecule has 2 amide bonds. The Labute approximate surface area is 117 Å². The monoisotopic (exact) mass is 277 g/mol. The first-order valence-corrected chi connectivity index (χ1v) is 6.62. The van der Waals surface area contributed by atoms with Crippen molar-refractivity contribution in [1.82, 2.24) is 5.32 Å². The maximum absolute atomic E-state index is 11.8. The molecule has 4 N–H and O–H groups in total. The van der Waals surface area contributed by atoms with Crippen LogP contribution < -0.4 is 16.4 Å². The van der Waals surface area contributed by atoms with E-state index in [-0.39, 0.29) is 25.0 Å². The average Bonchev–Trinajstić information content (AvgIpc) is 2.81. The number of nitrogens with one attached hydrogen (secondary N) is 2. The van der Waals surface area contributed by atoms with Gasteiger partial charge in [-0.05, 0) is 11.6 Å². The summed E-state index contributed by atoms with van der Waals surface area (Å²) in [5.74, 6) is -0.320. The van der Waals surface area contributed by atoms with Crippen molar-refractivity contribution in [1.29, 1.82) is 0 Å². The Morgan fingerprint density at radius 3 is 3.00 bits per heavy atom. The van der Waals surface area contributed by atoms with E-state index in [0.717, 1.165) is 12.2 Å². The van der Waals surface area contributed by atoms with Gasteiger partial charge in [0.2, 0.25) is 11.8 Å². The number of hydrogen-bond acceptors (Lipinski definition) is 4. The van der Waals surface area contributed by atoms with Crippen molar-refractivity contribution >= 4 is 17.5 Å². The highest BCUT2D eigenvalue weighted by molar-refractivity contribution is 5.78. The van der Waals surface area contributed by atoms with Crippen LogP contribution in [0.1, 0.15) is 17.9 Å². The molecule has 1 atom stereocenters. The first-order chi connectivity index (χ1) is 9.66. The molecule has 6 nitrogen and oxygen atoms in total. The summed E-state index contributed by atoms with van der Waals surface area (Å²) in [4.78, 5) is 22.3. The Kier molecular flexibility index (Phi) is 4.95. The molecule has 0 aliphatic carbocycles. The lowest BCUT2D eigenvalue weighted by atomic mass is 9.98. The van der Waals surface area contributed by atoms with Gasteiger partial charge in [0, 0.05) is 31.1 Å². The fraction of sp³-hybridized carbons (Fsp3) is 0.429. The predicted octanol–water partition coefficient (Wildman–Crippen LogP) is 0.204. The smallest absolute Gasteiger partial charge is 0.243 e. The van der Waals surface area contributed by atoms with E-state index in [9.17, 15) is 9.59 Å². The van der Waals surface area contributed by atoms with E-state index >= 15 is 0 Å². The second kappa shape index (κ2) is 6.91. The molecular formula is C14H19N3O3. The summed E-state index contributed by atoms with van der Waals surface area (Å²) in [6.45, 7) is 1.34. The highest BCUT2D eigenvalue weighted by Crippen LogP contribution is 2.32. The molecule has 0 spiro atoms. The molecule has 1 aromatic rings. The minimum atomic E-state index is -0.509. The van der Waals surface area contributed by atoms with Gasteiger partial charge in [-0.2, -0.15) is 0 Å². The van der Waals surface area contributed by atoms with Gasteiger partial charge >= 0.3 is 0 Å². The number of carbonyl (C=O) groups excluding carboxylic acids is 2. The van der Waals surface area contributed by atoms with Crippen LogP contribution in [0.4, 0.5) is 5.69 Å².